The van der Waals surface area contributed by atoms with Crippen LogP contribution in [0.3, 0.4) is 0 Å². The van der Waals surface area contributed by atoms with E-state index < -0.39 is 0 Å². The Morgan fingerprint density at radius 3 is 2.33 bits per heavy atom. The topological polar surface area (TPSA) is 31.4 Å². The molecule has 0 radical (unpaired) electrons. The Morgan fingerprint density at radius 1 is 0.900 bits per heavy atom. The molecule has 3 nitrogen and oxygen atoms in total. The Morgan fingerprint density at radius 2 is 1.63 bits per heavy atom. The molecular weight excluding hydrogens is 434 g/mol. The van der Waals surface area contributed by atoms with Crippen LogP contribution in [0.5, 0.6) is 11.5 Å². The standard InChI is InChI=1S/C24H29NO2S2.ClH/c1-4-15-28-24(29-16-5-2)20-10-8-12-22(23(20)26-3)27-17-19-14-13-18-9-6-7-11-21(18)25-19;/h6-14,24H,4-5,15-17H2,1-3H3;1H. The van der Waals surface area contributed by atoms with E-state index in [0.717, 1.165) is 39.6 Å². The number of ether oxygens (including phenoxy) is 2. The lowest BCUT2D eigenvalue weighted by Gasteiger charge is -2.21. The van der Waals surface area contributed by atoms with Gasteiger partial charge in [-0.25, -0.2) is 4.98 Å². The fourth-order valence-corrected chi connectivity index (χ4v) is 5.66. The highest BCUT2D eigenvalue weighted by molar-refractivity contribution is 8.16. The number of fused-ring (bicyclic) bond motifs is 1. The van der Waals surface area contributed by atoms with Gasteiger partial charge in [0.2, 0.25) is 0 Å². The van der Waals surface area contributed by atoms with Crippen molar-refractivity contribution in [2.24, 2.45) is 0 Å². The number of hydrogen-bond donors (Lipinski definition) is 0. The highest BCUT2D eigenvalue weighted by Gasteiger charge is 2.20. The van der Waals surface area contributed by atoms with E-state index in [9.17, 15) is 0 Å². The van der Waals surface area contributed by atoms with Gasteiger partial charge in [-0.1, -0.05) is 50.2 Å². The molecule has 0 saturated heterocycles. The Bertz CT molecular complexity index is 915. The van der Waals surface area contributed by atoms with Crippen molar-refractivity contribution in [2.75, 3.05) is 18.6 Å². The zero-order valence-electron chi connectivity index (χ0n) is 17.8. The maximum atomic E-state index is 6.16. The molecule has 0 saturated carbocycles. The first-order chi connectivity index (χ1) is 14.3. The molecule has 0 amide bonds. The summed E-state index contributed by atoms with van der Waals surface area (Å²) in [7, 11) is 1.73. The minimum atomic E-state index is 0. The molecule has 162 valence electrons. The summed E-state index contributed by atoms with van der Waals surface area (Å²) in [6.07, 6.45) is 2.33. The average molecular weight is 464 g/mol. The van der Waals surface area contributed by atoms with Crippen molar-refractivity contribution in [2.45, 2.75) is 37.9 Å². The average Bonchev–Trinajstić information content (AvgIpc) is 2.77. The SMILES string of the molecule is CCCSC(SCCC)c1cccc(OCc2ccc3ccccc3n2)c1OC.Cl. The summed E-state index contributed by atoms with van der Waals surface area (Å²) in [5, 5.41) is 1.14. The molecule has 3 rings (SSSR count). The van der Waals surface area contributed by atoms with Crippen LogP contribution in [0.2, 0.25) is 0 Å². The Labute approximate surface area is 194 Å². The van der Waals surface area contributed by atoms with Gasteiger partial charge in [-0.3, -0.25) is 0 Å². The van der Waals surface area contributed by atoms with Crippen LogP contribution >= 0.6 is 35.9 Å². The third kappa shape index (κ3) is 6.47. The van der Waals surface area contributed by atoms with Gasteiger partial charge in [0.1, 0.15) is 6.61 Å². The Hall–Kier alpha value is -1.56. The van der Waals surface area contributed by atoms with Crippen LogP contribution in [0, 0.1) is 0 Å². The molecule has 0 atom stereocenters. The predicted molar refractivity (Wildman–Crippen MR) is 135 cm³/mol. The van der Waals surface area contributed by atoms with Crippen molar-refractivity contribution in [1.29, 1.82) is 0 Å². The lowest BCUT2D eigenvalue weighted by Crippen LogP contribution is -2.03. The second-order valence-corrected chi connectivity index (χ2v) is 9.46. The second kappa shape index (κ2) is 13.0. The molecule has 30 heavy (non-hydrogen) atoms. The minimum absolute atomic E-state index is 0. The quantitative estimate of drug-likeness (QED) is 0.274. The molecule has 2 aromatic carbocycles. The van der Waals surface area contributed by atoms with Crippen LogP contribution in [0.25, 0.3) is 10.9 Å². The van der Waals surface area contributed by atoms with E-state index in [1.54, 1.807) is 7.11 Å². The van der Waals surface area contributed by atoms with Crippen LogP contribution in [-0.2, 0) is 6.61 Å². The first kappa shape index (κ1) is 24.7. The maximum absolute atomic E-state index is 6.16. The zero-order valence-corrected chi connectivity index (χ0v) is 20.2. The molecule has 3 aromatic rings. The summed E-state index contributed by atoms with van der Waals surface area (Å²) in [6.45, 7) is 4.86. The molecule has 0 unspecified atom stereocenters. The van der Waals surface area contributed by atoms with E-state index in [1.165, 1.54) is 18.4 Å². The summed E-state index contributed by atoms with van der Waals surface area (Å²) in [5.74, 6) is 3.89. The molecule has 6 heteroatoms. The molecule has 0 bridgehead atoms. The van der Waals surface area contributed by atoms with Crippen molar-refractivity contribution < 1.29 is 9.47 Å². The van der Waals surface area contributed by atoms with Gasteiger partial charge in [0.15, 0.2) is 11.5 Å². The van der Waals surface area contributed by atoms with Gasteiger partial charge in [0, 0.05) is 10.9 Å². The molecule has 0 aliphatic carbocycles. The van der Waals surface area contributed by atoms with Gasteiger partial charge in [-0.2, -0.15) is 0 Å². The van der Waals surface area contributed by atoms with Gasteiger partial charge in [0.05, 0.1) is 22.9 Å². The molecule has 1 aromatic heterocycles. The summed E-state index contributed by atoms with van der Waals surface area (Å²) in [6, 6.07) is 18.5. The number of pyridine rings is 1. The van der Waals surface area contributed by atoms with E-state index in [-0.39, 0.29) is 12.4 Å². The van der Waals surface area contributed by atoms with Gasteiger partial charge in [0.25, 0.3) is 0 Å². The van der Waals surface area contributed by atoms with E-state index in [0.29, 0.717) is 11.2 Å². The maximum Gasteiger partial charge on any atom is 0.165 e. The molecule has 0 aliphatic heterocycles. The lowest BCUT2D eigenvalue weighted by atomic mass is 10.2. The summed E-state index contributed by atoms with van der Waals surface area (Å²) in [5.41, 5.74) is 3.10. The third-order valence-electron chi connectivity index (χ3n) is 4.45. The second-order valence-electron chi connectivity index (χ2n) is 6.74. The highest BCUT2D eigenvalue weighted by Crippen LogP contribution is 2.46. The monoisotopic (exact) mass is 463 g/mol. The van der Waals surface area contributed by atoms with Crippen LogP contribution in [-0.4, -0.2) is 23.6 Å². The van der Waals surface area contributed by atoms with E-state index in [4.69, 9.17) is 14.5 Å². The zero-order chi connectivity index (χ0) is 20.5. The van der Waals surface area contributed by atoms with Gasteiger partial charge >= 0.3 is 0 Å². The number of methoxy groups -OCH3 is 1. The molecule has 0 spiro atoms. The molecule has 1 heterocycles. The summed E-state index contributed by atoms with van der Waals surface area (Å²) < 4.78 is 12.3. The van der Waals surface area contributed by atoms with Crippen LogP contribution in [0.1, 0.15) is 42.5 Å². The normalized spacial score (nSPS) is 10.8. The van der Waals surface area contributed by atoms with Crippen molar-refractivity contribution in [3.63, 3.8) is 0 Å². The van der Waals surface area contributed by atoms with Gasteiger partial charge in [-0.05, 0) is 42.5 Å². The fraction of sp³-hybridized carbons (Fsp3) is 0.375. The van der Waals surface area contributed by atoms with E-state index in [1.807, 2.05) is 53.9 Å². The number of hydrogen-bond acceptors (Lipinski definition) is 5. The predicted octanol–water partition coefficient (Wildman–Crippen LogP) is 7.53. The van der Waals surface area contributed by atoms with Crippen molar-refractivity contribution in [3.8, 4) is 11.5 Å². The largest absolute Gasteiger partial charge is 0.492 e. The number of para-hydroxylation sites is 2. The first-order valence-corrected chi connectivity index (χ1v) is 12.2. The summed E-state index contributed by atoms with van der Waals surface area (Å²) >= 11 is 3.97. The number of nitrogens with zero attached hydrogens (tertiary/aromatic N) is 1. The van der Waals surface area contributed by atoms with Crippen molar-refractivity contribution in [1.82, 2.24) is 4.98 Å². The third-order valence-corrected chi connectivity index (χ3v) is 7.66. The first-order valence-electron chi connectivity index (χ1n) is 10.1. The minimum Gasteiger partial charge on any atom is -0.492 e. The Kier molecular flexibility index (Phi) is 10.7. The van der Waals surface area contributed by atoms with Crippen molar-refractivity contribution >= 4 is 46.8 Å². The van der Waals surface area contributed by atoms with E-state index in [2.05, 4.69) is 38.1 Å². The smallest absolute Gasteiger partial charge is 0.165 e. The molecular formula is C24H30ClNO2S2. The summed E-state index contributed by atoms with van der Waals surface area (Å²) in [4.78, 5) is 4.71. The van der Waals surface area contributed by atoms with E-state index >= 15 is 0 Å². The van der Waals surface area contributed by atoms with Gasteiger partial charge < -0.3 is 9.47 Å². The molecule has 0 N–H and O–H groups in total. The fourth-order valence-electron chi connectivity index (χ4n) is 3.07. The molecule has 0 aliphatic rings. The highest BCUT2D eigenvalue weighted by atomic mass is 35.5. The van der Waals surface area contributed by atoms with Crippen LogP contribution in [0.4, 0.5) is 0 Å². The van der Waals surface area contributed by atoms with Gasteiger partial charge in [-0.15, -0.1) is 35.9 Å². The molecule has 0 fully saturated rings. The number of benzene rings is 2. The Balaban J connectivity index is 0.00000320. The van der Waals surface area contributed by atoms with Crippen molar-refractivity contribution in [3.05, 3.63) is 65.9 Å². The number of aromatic nitrogens is 1. The van der Waals surface area contributed by atoms with Crippen LogP contribution in [0.15, 0.2) is 54.6 Å². The van der Waals surface area contributed by atoms with Crippen LogP contribution < -0.4 is 9.47 Å². The lowest BCUT2D eigenvalue weighted by molar-refractivity contribution is 0.280. The number of thioether (sulfide) groups is 2. The number of halogens is 1. The number of rotatable bonds is 11.